The molecule has 1 unspecified atom stereocenters. The van der Waals surface area contributed by atoms with E-state index < -0.39 is 0 Å². The van der Waals surface area contributed by atoms with Gasteiger partial charge in [-0.25, -0.2) is 0 Å². The average molecular weight is 220 g/mol. The molecule has 0 amide bonds. The van der Waals surface area contributed by atoms with Gasteiger partial charge in [0, 0.05) is 30.8 Å². The molecule has 2 heterocycles. The molecule has 4 heteroatoms. The van der Waals surface area contributed by atoms with Crippen LogP contribution in [0.1, 0.15) is 11.6 Å². The number of hydrogen-bond acceptors (Lipinski definition) is 4. The molecule has 1 aromatic carbocycles. The van der Waals surface area contributed by atoms with Gasteiger partial charge in [-0.3, -0.25) is 4.90 Å². The minimum atomic E-state index is 0.271. The number of rotatable bonds is 2. The molecule has 2 aliphatic rings. The van der Waals surface area contributed by atoms with Crippen molar-refractivity contribution in [1.29, 1.82) is 0 Å². The van der Waals surface area contributed by atoms with Crippen LogP contribution in [0.5, 0.6) is 11.5 Å². The van der Waals surface area contributed by atoms with E-state index in [1.807, 2.05) is 6.07 Å². The minimum absolute atomic E-state index is 0.271. The second-order valence-electron chi connectivity index (χ2n) is 4.53. The second-order valence-corrected chi connectivity index (χ2v) is 4.53. The van der Waals surface area contributed by atoms with Gasteiger partial charge < -0.3 is 15.2 Å². The van der Waals surface area contributed by atoms with E-state index in [0.717, 1.165) is 18.8 Å². The maximum atomic E-state index is 9.38. The van der Waals surface area contributed by atoms with Gasteiger partial charge in [0.05, 0.1) is 6.04 Å². The van der Waals surface area contributed by atoms with Crippen molar-refractivity contribution in [3.63, 3.8) is 0 Å². The van der Waals surface area contributed by atoms with Crippen LogP contribution in [0.25, 0.3) is 0 Å². The number of nitrogens with one attached hydrogen (secondary N) is 1. The van der Waals surface area contributed by atoms with Gasteiger partial charge >= 0.3 is 0 Å². The molecule has 1 aromatic rings. The lowest BCUT2D eigenvalue weighted by Crippen LogP contribution is -2.56. The molecule has 2 aliphatic heterocycles. The molecular formula is C12H16N2O2. The number of benzene rings is 1. The smallest absolute Gasteiger partial charge is 0.127 e. The Bertz CT molecular complexity index is 404. The van der Waals surface area contributed by atoms with E-state index in [0.29, 0.717) is 18.7 Å². The number of likely N-dealkylation sites (N-methyl/N-ethyl adjacent to an activating group) is 1. The normalized spacial score (nSPS) is 24.0. The Kier molecular flexibility index (Phi) is 2.26. The van der Waals surface area contributed by atoms with Crippen molar-refractivity contribution in [3.8, 4) is 11.5 Å². The summed E-state index contributed by atoms with van der Waals surface area (Å²) >= 11 is 0. The van der Waals surface area contributed by atoms with Crippen LogP contribution >= 0.6 is 0 Å². The van der Waals surface area contributed by atoms with E-state index in [-0.39, 0.29) is 5.75 Å². The highest BCUT2D eigenvalue weighted by Gasteiger charge is 2.33. The molecule has 16 heavy (non-hydrogen) atoms. The van der Waals surface area contributed by atoms with Crippen LogP contribution in [0.4, 0.5) is 0 Å². The number of aromatic hydroxyl groups is 1. The third-order valence-electron chi connectivity index (χ3n) is 3.58. The topological polar surface area (TPSA) is 44.7 Å². The van der Waals surface area contributed by atoms with Gasteiger partial charge in [-0.2, -0.15) is 0 Å². The number of phenols is 1. The monoisotopic (exact) mass is 220 g/mol. The van der Waals surface area contributed by atoms with Crippen molar-refractivity contribution in [3.05, 3.63) is 23.8 Å². The molecule has 1 saturated heterocycles. The molecule has 2 N–H and O–H groups in total. The standard InChI is InChI=1S/C12H16N2O2/c1-14(8-5-13-6-8)11-7-16-12-4-9(15)2-3-10(11)12/h2-4,8,11,13,15H,5-7H2,1H3. The van der Waals surface area contributed by atoms with Crippen LogP contribution in [0.2, 0.25) is 0 Å². The number of fused-ring (bicyclic) bond motifs is 1. The summed E-state index contributed by atoms with van der Waals surface area (Å²) in [6.45, 7) is 2.80. The zero-order chi connectivity index (χ0) is 11.1. The van der Waals surface area contributed by atoms with E-state index in [1.54, 1.807) is 12.1 Å². The number of nitrogens with zero attached hydrogens (tertiary/aromatic N) is 1. The third-order valence-corrected chi connectivity index (χ3v) is 3.58. The Balaban J connectivity index is 1.84. The molecule has 0 aliphatic carbocycles. The Morgan fingerprint density at radius 2 is 2.25 bits per heavy atom. The fourth-order valence-electron chi connectivity index (χ4n) is 2.33. The minimum Gasteiger partial charge on any atom is -0.508 e. The van der Waals surface area contributed by atoms with Crippen LogP contribution in [0, 0.1) is 0 Å². The Labute approximate surface area is 94.8 Å². The molecule has 0 bridgehead atoms. The van der Waals surface area contributed by atoms with Gasteiger partial charge in [-0.15, -0.1) is 0 Å². The largest absolute Gasteiger partial charge is 0.508 e. The van der Waals surface area contributed by atoms with Gasteiger partial charge in [0.15, 0.2) is 0 Å². The van der Waals surface area contributed by atoms with Crippen LogP contribution in [-0.4, -0.2) is 42.8 Å². The Morgan fingerprint density at radius 1 is 1.44 bits per heavy atom. The van der Waals surface area contributed by atoms with Gasteiger partial charge in [0.2, 0.25) is 0 Å². The molecule has 1 fully saturated rings. The van der Waals surface area contributed by atoms with Gasteiger partial charge in [0.25, 0.3) is 0 Å². The summed E-state index contributed by atoms with van der Waals surface area (Å²) < 4.78 is 5.61. The van der Waals surface area contributed by atoms with Gasteiger partial charge in [-0.05, 0) is 19.2 Å². The summed E-state index contributed by atoms with van der Waals surface area (Å²) in [5.74, 6) is 1.09. The van der Waals surface area contributed by atoms with Crippen LogP contribution in [-0.2, 0) is 0 Å². The van der Waals surface area contributed by atoms with Gasteiger partial charge in [-0.1, -0.05) is 0 Å². The summed E-state index contributed by atoms with van der Waals surface area (Å²) in [7, 11) is 2.14. The lowest BCUT2D eigenvalue weighted by Gasteiger charge is -2.38. The van der Waals surface area contributed by atoms with E-state index in [1.165, 1.54) is 5.56 Å². The molecular weight excluding hydrogens is 204 g/mol. The van der Waals surface area contributed by atoms with E-state index >= 15 is 0 Å². The first-order chi connectivity index (χ1) is 7.75. The van der Waals surface area contributed by atoms with Crippen molar-refractivity contribution in [2.24, 2.45) is 0 Å². The van der Waals surface area contributed by atoms with Crippen LogP contribution in [0.15, 0.2) is 18.2 Å². The first-order valence-electron chi connectivity index (χ1n) is 5.64. The Morgan fingerprint density at radius 3 is 2.94 bits per heavy atom. The number of ether oxygens (including phenoxy) is 1. The fourth-order valence-corrected chi connectivity index (χ4v) is 2.33. The summed E-state index contributed by atoms with van der Waals surface area (Å²) in [6.07, 6.45) is 0. The molecule has 1 atom stereocenters. The fraction of sp³-hybridized carbons (Fsp3) is 0.500. The van der Waals surface area contributed by atoms with E-state index in [9.17, 15) is 5.11 Å². The average Bonchev–Trinajstić information content (AvgIpc) is 2.57. The van der Waals surface area contributed by atoms with Crippen molar-refractivity contribution >= 4 is 0 Å². The van der Waals surface area contributed by atoms with Crippen molar-refractivity contribution in [2.75, 3.05) is 26.7 Å². The number of hydrogen-bond donors (Lipinski definition) is 2. The Hall–Kier alpha value is -1.26. The molecule has 0 spiro atoms. The van der Waals surface area contributed by atoms with Crippen molar-refractivity contribution < 1.29 is 9.84 Å². The van der Waals surface area contributed by atoms with Crippen molar-refractivity contribution in [2.45, 2.75) is 12.1 Å². The lowest BCUT2D eigenvalue weighted by molar-refractivity contribution is 0.110. The molecule has 4 nitrogen and oxygen atoms in total. The lowest BCUT2D eigenvalue weighted by atomic mass is 10.0. The van der Waals surface area contributed by atoms with Gasteiger partial charge in [0.1, 0.15) is 18.1 Å². The quantitative estimate of drug-likeness (QED) is 0.771. The summed E-state index contributed by atoms with van der Waals surface area (Å²) in [5.41, 5.74) is 1.19. The molecule has 3 rings (SSSR count). The second kappa shape index (κ2) is 3.64. The molecule has 0 saturated carbocycles. The molecule has 0 radical (unpaired) electrons. The molecule has 0 aromatic heterocycles. The zero-order valence-corrected chi connectivity index (χ0v) is 9.31. The van der Waals surface area contributed by atoms with Crippen LogP contribution in [0.3, 0.4) is 0 Å². The highest BCUT2D eigenvalue weighted by molar-refractivity contribution is 5.44. The molecule has 86 valence electrons. The maximum absolute atomic E-state index is 9.38. The highest BCUT2D eigenvalue weighted by Crippen LogP contribution is 2.38. The third kappa shape index (κ3) is 1.45. The maximum Gasteiger partial charge on any atom is 0.127 e. The highest BCUT2D eigenvalue weighted by atomic mass is 16.5. The summed E-state index contributed by atoms with van der Waals surface area (Å²) in [4.78, 5) is 2.36. The SMILES string of the molecule is CN(C1CNC1)C1COc2cc(O)ccc21. The predicted octanol–water partition coefficient (Wildman–Crippen LogP) is 0.729. The summed E-state index contributed by atoms with van der Waals surface area (Å²) in [5, 5.41) is 12.7. The first-order valence-corrected chi connectivity index (χ1v) is 5.64. The van der Waals surface area contributed by atoms with E-state index in [2.05, 4.69) is 17.3 Å². The van der Waals surface area contributed by atoms with E-state index in [4.69, 9.17) is 4.74 Å². The zero-order valence-electron chi connectivity index (χ0n) is 9.31. The predicted molar refractivity (Wildman–Crippen MR) is 60.8 cm³/mol. The van der Waals surface area contributed by atoms with Crippen molar-refractivity contribution in [1.82, 2.24) is 10.2 Å². The van der Waals surface area contributed by atoms with Crippen LogP contribution < -0.4 is 10.1 Å². The first kappa shape index (κ1) is 9.93. The summed E-state index contributed by atoms with van der Waals surface area (Å²) in [6, 6.07) is 6.32. The number of phenolic OH excluding ortho intramolecular Hbond substituents is 1.